The van der Waals surface area contributed by atoms with E-state index in [9.17, 15) is 0 Å². The van der Waals surface area contributed by atoms with Crippen LogP contribution >= 0.6 is 48.3 Å². The van der Waals surface area contributed by atoms with Crippen molar-refractivity contribution in [3.05, 3.63) is 42.5 Å². The van der Waals surface area contributed by atoms with Crippen LogP contribution in [0.25, 0.3) is 0 Å². The van der Waals surface area contributed by atoms with E-state index in [1.807, 2.05) is 23.5 Å². The molecule has 2 aromatic rings. The van der Waals surface area contributed by atoms with Gasteiger partial charge < -0.3 is 9.80 Å². The van der Waals surface area contributed by atoms with Gasteiger partial charge in [0, 0.05) is 27.3 Å². The van der Waals surface area contributed by atoms with Crippen LogP contribution < -0.4 is 4.90 Å². The van der Waals surface area contributed by atoms with Crippen LogP contribution in [-0.4, -0.2) is 37.3 Å². The summed E-state index contributed by atoms with van der Waals surface area (Å²) in [6.07, 6.45) is 7.48. The van der Waals surface area contributed by atoms with Crippen molar-refractivity contribution in [2.24, 2.45) is 0 Å². The molecule has 0 aromatic heterocycles. The first-order valence-electron chi connectivity index (χ1n) is 9.19. The lowest BCUT2D eigenvalue weighted by atomic mass is 9.99. The average Bonchev–Trinajstić information content (AvgIpc) is 2.66. The first-order chi connectivity index (χ1) is 12.3. The predicted molar refractivity (Wildman–Crippen MR) is 125 cm³/mol. The maximum absolute atomic E-state index is 2.56. The molecule has 1 atom stereocenters. The van der Waals surface area contributed by atoms with Crippen molar-refractivity contribution in [2.75, 3.05) is 31.3 Å². The normalized spacial score (nSPS) is 18.7. The fraction of sp³-hybridized carbons (Fsp3) is 0.429. The highest BCUT2D eigenvalue weighted by molar-refractivity contribution is 8.00. The van der Waals surface area contributed by atoms with Gasteiger partial charge in [0.05, 0.1) is 11.4 Å². The number of piperidine rings is 1. The first-order valence-corrected chi connectivity index (χ1v) is 11.2. The number of halogens is 2. The maximum atomic E-state index is 2.56. The van der Waals surface area contributed by atoms with Gasteiger partial charge in [0.25, 0.3) is 0 Å². The molecular weight excluding hydrogens is 415 g/mol. The summed E-state index contributed by atoms with van der Waals surface area (Å²) < 4.78 is 0. The lowest BCUT2D eigenvalue weighted by molar-refractivity contribution is 0.178. The van der Waals surface area contributed by atoms with E-state index in [1.54, 1.807) is 0 Å². The molecule has 2 nitrogen and oxygen atoms in total. The number of anilines is 2. The van der Waals surface area contributed by atoms with E-state index in [4.69, 9.17) is 0 Å². The van der Waals surface area contributed by atoms with Crippen LogP contribution in [0.5, 0.6) is 0 Å². The number of hydrogen-bond acceptors (Lipinski definition) is 4. The van der Waals surface area contributed by atoms with Gasteiger partial charge in [-0.05, 0) is 69.4 Å². The molecule has 0 N–H and O–H groups in total. The number of hydrogen-bond donors (Lipinski definition) is 0. The van der Waals surface area contributed by atoms with Crippen molar-refractivity contribution < 1.29 is 0 Å². The average molecular weight is 444 g/mol. The van der Waals surface area contributed by atoms with Crippen LogP contribution in [0.1, 0.15) is 25.7 Å². The van der Waals surface area contributed by atoms with Gasteiger partial charge >= 0.3 is 0 Å². The third kappa shape index (κ3) is 4.91. The largest absolute Gasteiger partial charge is 0.340 e. The van der Waals surface area contributed by atoms with Gasteiger partial charge in [-0.1, -0.05) is 30.3 Å². The fourth-order valence-electron chi connectivity index (χ4n) is 3.96. The quantitative estimate of drug-likeness (QED) is 0.483. The molecule has 0 bridgehead atoms. The SMILES string of the molecule is CSc1ccc2c(c1)N(CCC1CCCCN1C)c1ccccc1S2.Cl.Cl. The summed E-state index contributed by atoms with van der Waals surface area (Å²) in [6, 6.07) is 16.5. The summed E-state index contributed by atoms with van der Waals surface area (Å²) in [6.45, 7) is 2.35. The van der Waals surface area contributed by atoms with Crippen molar-refractivity contribution >= 4 is 59.7 Å². The molecule has 2 aliphatic rings. The summed E-state index contributed by atoms with van der Waals surface area (Å²) in [7, 11) is 2.30. The van der Waals surface area contributed by atoms with Gasteiger partial charge in [-0.3, -0.25) is 0 Å². The molecule has 27 heavy (non-hydrogen) atoms. The molecule has 2 heterocycles. The summed E-state index contributed by atoms with van der Waals surface area (Å²) in [5.74, 6) is 0. The highest BCUT2D eigenvalue weighted by Crippen LogP contribution is 2.49. The lowest BCUT2D eigenvalue weighted by Gasteiger charge is -2.37. The van der Waals surface area contributed by atoms with Crippen molar-refractivity contribution in [1.82, 2.24) is 4.90 Å². The second kappa shape index (κ2) is 10.3. The summed E-state index contributed by atoms with van der Waals surface area (Å²) in [5, 5.41) is 0. The minimum absolute atomic E-state index is 0. The van der Waals surface area contributed by atoms with E-state index in [2.05, 4.69) is 65.6 Å². The van der Waals surface area contributed by atoms with Crippen LogP contribution in [0.4, 0.5) is 11.4 Å². The Bertz CT molecular complexity index is 757. The summed E-state index contributed by atoms with van der Waals surface area (Å²) >= 11 is 3.73. The number of para-hydroxylation sites is 1. The zero-order chi connectivity index (χ0) is 17.2. The number of rotatable bonds is 4. The molecule has 1 fully saturated rings. The van der Waals surface area contributed by atoms with Gasteiger partial charge in [0.15, 0.2) is 0 Å². The molecule has 4 rings (SSSR count). The Morgan fingerprint density at radius 3 is 2.59 bits per heavy atom. The summed E-state index contributed by atoms with van der Waals surface area (Å²) in [5.41, 5.74) is 2.76. The minimum atomic E-state index is 0. The Morgan fingerprint density at radius 1 is 1.04 bits per heavy atom. The van der Waals surface area contributed by atoms with Crippen LogP contribution in [0.3, 0.4) is 0 Å². The molecule has 0 spiro atoms. The molecule has 6 heteroatoms. The van der Waals surface area contributed by atoms with E-state index < -0.39 is 0 Å². The van der Waals surface area contributed by atoms with Crippen LogP contribution in [0, 0.1) is 0 Å². The Hall–Kier alpha value is -0.520. The Balaban J connectivity index is 0.00000131. The van der Waals surface area contributed by atoms with E-state index in [0.29, 0.717) is 0 Å². The van der Waals surface area contributed by atoms with Gasteiger partial charge in [-0.25, -0.2) is 0 Å². The van der Waals surface area contributed by atoms with E-state index >= 15 is 0 Å². The number of fused-ring (bicyclic) bond motifs is 2. The molecule has 0 radical (unpaired) electrons. The molecule has 0 aliphatic carbocycles. The fourth-order valence-corrected chi connectivity index (χ4v) is 5.47. The number of nitrogens with zero attached hydrogens (tertiary/aromatic N) is 2. The highest BCUT2D eigenvalue weighted by Gasteiger charge is 2.25. The number of likely N-dealkylation sites (tertiary alicyclic amines) is 1. The molecular formula is C21H28Cl2N2S2. The third-order valence-electron chi connectivity index (χ3n) is 5.44. The predicted octanol–water partition coefficient (Wildman–Crippen LogP) is 6.73. The molecule has 2 aromatic carbocycles. The summed E-state index contributed by atoms with van der Waals surface area (Å²) in [4.78, 5) is 9.23. The monoisotopic (exact) mass is 442 g/mol. The van der Waals surface area contributed by atoms with Crippen LogP contribution in [-0.2, 0) is 0 Å². The minimum Gasteiger partial charge on any atom is -0.340 e. The van der Waals surface area contributed by atoms with Crippen molar-refractivity contribution in [1.29, 1.82) is 0 Å². The smallest absolute Gasteiger partial charge is 0.0564 e. The second-order valence-electron chi connectivity index (χ2n) is 6.97. The maximum Gasteiger partial charge on any atom is 0.0564 e. The molecule has 0 amide bonds. The molecule has 1 unspecified atom stereocenters. The van der Waals surface area contributed by atoms with Gasteiger partial charge in [0.1, 0.15) is 0 Å². The zero-order valence-corrected chi connectivity index (χ0v) is 19.2. The molecule has 0 saturated carbocycles. The Morgan fingerprint density at radius 2 is 1.81 bits per heavy atom. The number of thioether (sulfide) groups is 1. The van der Waals surface area contributed by atoms with Crippen molar-refractivity contribution in [3.8, 4) is 0 Å². The van der Waals surface area contributed by atoms with E-state index in [-0.39, 0.29) is 24.8 Å². The van der Waals surface area contributed by atoms with Crippen LogP contribution in [0.15, 0.2) is 57.2 Å². The number of benzene rings is 2. The topological polar surface area (TPSA) is 6.48 Å². The molecule has 148 valence electrons. The van der Waals surface area contributed by atoms with E-state index in [0.717, 1.165) is 12.6 Å². The molecule has 1 saturated heterocycles. The van der Waals surface area contributed by atoms with Gasteiger partial charge in [-0.2, -0.15) is 0 Å². The lowest BCUT2D eigenvalue weighted by Crippen LogP contribution is -2.38. The third-order valence-corrected chi connectivity index (χ3v) is 7.30. The van der Waals surface area contributed by atoms with Crippen molar-refractivity contribution in [2.45, 2.75) is 46.4 Å². The Kier molecular flexibility index (Phi) is 8.70. The van der Waals surface area contributed by atoms with Crippen LogP contribution in [0.2, 0.25) is 0 Å². The zero-order valence-electron chi connectivity index (χ0n) is 15.9. The standard InChI is InChI=1S/C21H26N2S2.2ClH/c1-22-13-6-5-7-16(22)12-14-23-18-8-3-4-9-20(18)25-21-11-10-17(24-2)15-19(21)23;;/h3-4,8-11,15-16H,5-7,12-14H2,1-2H3;2*1H. The first kappa shape index (κ1) is 22.8. The molecule has 2 aliphatic heterocycles. The second-order valence-corrected chi connectivity index (χ2v) is 8.94. The highest BCUT2D eigenvalue weighted by atomic mass is 35.5. The van der Waals surface area contributed by atoms with Crippen molar-refractivity contribution in [3.63, 3.8) is 0 Å². The van der Waals surface area contributed by atoms with Gasteiger partial charge in [-0.15, -0.1) is 36.6 Å². The van der Waals surface area contributed by atoms with E-state index in [1.165, 1.54) is 58.3 Å². The Labute approximate surface area is 184 Å². The van der Waals surface area contributed by atoms with Gasteiger partial charge in [0.2, 0.25) is 0 Å².